The molecule has 166 valence electrons. The Morgan fingerprint density at radius 1 is 0.774 bits per heavy atom. The summed E-state index contributed by atoms with van der Waals surface area (Å²) in [5, 5.41) is 0. The minimum Gasteiger partial charge on any atom is -0.451 e. The average Bonchev–Trinajstić information content (AvgIpc) is 3.05. The van der Waals surface area contributed by atoms with Crippen molar-refractivity contribution >= 4 is 11.9 Å². The van der Waals surface area contributed by atoms with Crippen LogP contribution in [0.4, 0.5) is 0 Å². The third kappa shape index (κ3) is 3.86. The van der Waals surface area contributed by atoms with Crippen LogP contribution in [0.2, 0.25) is 0 Å². The second kappa shape index (κ2) is 7.36. The molecule has 0 N–H and O–H groups in total. The number of hydrogen-bond donors (Lipinski definition) is 0. The van der Waals surface area contributed by atoms with E-state index in [0.717, 1.165) is 12.8 Å². The van der Waals surface area contributed by atoms with Gasteiger partial charge in [-0.1, -0.05) is 49.3 Å². The van der Waals surface area contributed by atoms with Crippen molar-refractivity contribution in [2.45, 2.75) is 78.4 Å². The summed E-state index contributed by atoms with van der Waals surface area (Å²) >= 11 is 0. The number of hydrogen-bond acceptors (Lipinski definition) is 4. The van der Waals surface area contributed by atoms with Crippen molar-refractivity contribution in [2.24, 2.45) is 17.3 Å². The molecule has 4 unspecified atom stereocenters. The van der Waals surface area contributed by atoms with E-state index in [1.54, 1.807) is 0 Å². The number of allylic oxidation sites excluding steroid dienone is 4. The Labute approximate surface area is 185 Å². The lowest BCUT2D eigenvalue weighted by molar-refractivity contribution is -0.153. The summed E-state index contributed by atoms with van der Waals surface area (Å²) in [5.41, 5.74) is 1.89. The van der Waals surface area contributed by atoms with Crippen molar-refractivity contribution < 1.29 is 19.1 Å². The van der Waals surface area contributed by atoms with Gasteiger partial charge in [0, 0.05) is 12.8 Å². The molecule has 4 heteroatoms. The van der Waals surface area contributed by atoms with Gasteiger partial charge in [0.05, 0.1) is 11.1 Å². The van der Waals surface area contributed by atoms with Gasteiger partial charge in [0.1, 0.15) is 11.2 Å². The second-order valence-electron chi connectivity index (χ2n) is 10.8. The Morgan fingerprint density at radius 3 is 1.52 bits per heavy atom. The molecule has 2 bridgehead atoms. The molecule has 0 amide bonds. The maximum absolute atomic E-state index is 13.5. The molecule has 4 aliphatic carbocycles. The lowest BCUT2D eigenvalue weighted by atomic mass is 9.78. The van der Waals surface area contributed by atoms with Crippen LogP contribution in [0, 0.1) is 17.3 Å². The molecule has 4 aliphatic rings. The van der Waals surface area contributed by atoms with Crippen molar-refractivity contribution in [2.75, 3.05) is 0 Å². The van der Waals surface area contributed by atoms with Crippen LogP contribution in [0.1, 0.15) is 67.2 Å². The Balaban J connectivity index is 1.64. The number of carbonyl (C=O) groups is 2. The third-order valence-electron chi connectivity index (χ3n) is 7.54. The van der Waals surface area contributed by atoms with E-state index in [9.17, 15) is 9.59 Å². The van der Waals surface area contributed by atoms with E-state index in [1.165, 1.54) is 11.1 Å². The maximum Gasteiger partial charge on any atom is 0.335 e. The summed E-state index contributed by atoms with van der Waals surface area (Å²) in [4.78, 5) is 27.0. The molecule has 0 aromatic rings. The highest BCUT2D eigenvalue weighted by Crippen LogP contribution is 2.61. The van der Waals surface area contributed by atoms with Gasteiger partial charge in [-0.3, -0.25) is 0 Å². The summed E-state index contributed by atoms with van der Waals surface area (Å²) in [6, 6.07) is 0. The summed E-state index contributed by atoms with van der Waals surface area (Å²) in [6.07, 6.45) is 14.9. The van der Waals surface area contributed by atoms with Gasteiger partial charge >= 0.3 is 11.9 Å². The zero-order chi connectivity index (χ0) is 22.6. The fourth-order valence-corrected chi connectivity index (χ4v) is 6.08. The maximum atomic E-state index is 13.5. The second-order valence-corrected chi connectivity index (χ2v) is 10.8. The highest BCUT2D eigenvalue weighted by atomic mass is 16.6. The van der Waals surface area contributed by atoms with Crippen LogP contribution < -0.4 is 0 Å². The molecular weight excluding hydrogens is 388 g/mol. The molecular formula is C27H34O4. The van der Waals surface area contributed by atoms with Crippen molar-refractivity contribution in [3.8, 4) is 0 Å². The molecule has 0 aromatic heterocycles. The minimum absolute atomic E-state index is 0.0247. The van der Waals surface area contributed by atoms with Gasteiger partial charge in [-0.15, -0.1) is 0 Å². The Kier molecular flexibility index (Phi) is 5.19. The first-order valence-corrected chi connectivity index (χ1v) is 11.3. The summed E-state index contributed by atoms with van der Waals surface area (Å²) in [6.45, 7) is 12.2. The molecule has 31 heavy (non-hydrogen) atoms. The highest BCUT2D eigenvalue weighted by Gasteiger charge is 2.58. The quantitative estimate of drug-likeness (QED) is 0.540. The lowest BCUT2D eigenvalue weighted by Crippen LogP contribution is -2.35. The van der Waals surface area contributed by atoms with Gasteiger partial charge in [-0.05, 0) is 69.9 Å². The first kappa shape index (κ1) is 21.9. The monoisotopic (exact) mass is 422 g/mol. The van der Waals surface area contributed by atoms with E-state index in [-0.39, 0.29) is 29.2 Å². The third-order valence-corrected chi connectivity index (χ3v) is 7.54. The van der Waals surface area contributed by atoms with Crippen LogP contribution in [-0.2, 0) is 19.1 Å². The smallest absolute Gasteiger partial charge is 0.335 e. The van der Waals surface area contributed by atoms with Crippen LogP contribution in [0.15, 0.2) is 58.7 Å². The predicted octanol–water partition coefficient (Wildman–Crippen LogP) is 5.77. The topological polar surface area (TPSA) is 52.6 Å². The SMILES string of the molecule is CC1=CC=CC(C)(OC(=O)C2=C(C(=O)OC3(C)C=CC=C(C)C3)C3CCC2C3(C)C)C1. The van der Waals surface area contributed by atoms with Crippen LogP contribution >= 0.6 is 0 Å². The fourth-order valence-electron chi connectivity index (χ4n) is 6.08. The summed E-state index contributed by atoms with van der Waals surface area (Å²) in [5.74, 6) is -0.683. The lowest BCUT2D eigenvalue weighted by Gasteiger charge is -2.32. The number of rotatable bonds is 4. The minimum atomic E-state index is -0.691. The Morgan fingerprint density at radius 2 is 1.16 bits per heavy atom. The molecule has 1 fully saturated rings. The van der Waals surface area contributed by atoms with Crippen molar-refractivity contribution in [3.05, 3.63) is 58.7 Å². The molecule has 0 heterocycles. The normalized spacial score (nSPS) is 35.7. The van der Waals surface area contributed by atoms with Crippen molar-refractivity contribution in [3.63, 3.8) is 0 Å². The van der Waals surface area contributed by atoms with E-state index < -0.39 is 11.2 Å². The predicted molar refractivity (Wildman–Crippen MR) is 121 cm³/mol. The number of esters is 2. The fraction of sp³-hybridized carbons (Fsp3) is 0.556. The average molecular weight is 423 g/mol. The summed E-state index contributed by atoms with van der Waals surface area (Å²) in [7, 11) is 0. The van der Waals surface area contributed by atoms with Gasteiger partial charge in [-0.2, -0.15) is 0 Å². The molecule has 0 spiro atoms. The van der Waals surface area contributed by atoms with Crippen molar-refractivity contribution in [1.29, 1.82) is 0 Å². The van der Waals surface area contributed by atoms with E-state index in [1.807, 2.05) is 64.2 Å². The van der Waals surface area contributed by atoms with Gasteiger partial charge in [0.25, 0.3) is 0 Å². The Hall–Kier alpha value is -2.36. The number of carbonyl (C=O) groups excluding carboxylic acids is 2. The van der Waals surface area contributed by atoms with E-state index in [0.29, 0.717) is 24.0 Å². The van der Waals surface area contributed by atoms with Crippen LogP contribution in [-0.4, -0.2) is 23.1 Å². The number of ether oxygens (including phenoxy) is 2. The Bertz CT molecular complexity index is 897. The first-order chi connectivity index (χ1) is 14.4. The van der Waals surface area contributed by atoms with Gasteiger partial charge in [0.15, 0.2) is 0 Å². The summed E-state index contributed by atoms with van der Waals surface area (Å²) < 4.78 is 12.1. The standard InChI is InChI=1S/C27H34O4/c1-17-9-7-13-26(5,15-17)30-23(28)21-19-11-12-20(25(19,3)4)22(21)24(29)31-27(6)14-8-10-18(2)16-27/h7-10,13-14,19-20H,11-12,15-16H2,1-6H3. The molecule has 4 atom stereocenters. The van der Waals surface area contributed by atoms with Crippen LogP contribution in [0.5, 0.6) is 0 Å². The first-order valence-electron chi connectivity index (χ1n) is 11.3. The van der Waals surface area contributed by atoms with Crippen LogP contribution in [0.25, 0.3) is 0 Å². The molecule has 0 aliphatic heterocycles. The molecule has 0 radical (unpaired) electrons. The molecule has 4 rings (SSSR count). The van der Waals surface area contributed by atoms with Gasteiger partial charge in [0.2, 0.25) is 0 Å². The van der Waals surface area contributed by atoms with Crippen LogP contribution in [0.3, 0.4) is 0 Å². The highest BCUT2D eigenvalue weighted by molar-refractivity contribution is 6.03. The van der Waals surface area contributed by atoms with E-state index in [4.69, 9.17) is 9.47 Å². The molecule has 0 saturated heterocycles. The van der Waals surface area contributed by atoms with E-state index in [2.05, 4.69) is 13.8 Å². The zero-order valence-corrected chi connectivity index (χ0v) is 19.6. The molecule has 1 saturated carbocycles. The van der Waals surface area contributed by atoms with Crippen molar-refractivity contribution in [1.82, 2.24) is 0 Å². The van der Waals surface area contributed by atoms with Gasteiger partial charge in [-0.25, -0.2) is 9.59 Å². The van der Waals surface area contributed by atoms with Gasteiger partial charge < -0.3 is 9.47 Å². The molecule has 4 nitrogen and oxygen atoms in total. The molecule has 0 aromatic carbocycles. The number of fused-ring (bicyclic) bond motifs is 2. The van der Waals surface area contributed by atoms with E-state index >= 15 is 0 Å². The largest absolute Gasteiger partial charge is 0.451 e. The zero-order valence-electron chi connectivity index (χ0n) is 19.6.